The Morgan fingerprint density at radius 2 is 1.86 bits per heavy atom. The van der Waals surface area contributed by atoms with Gasteiger partial charge in [0.15, 0.2) is 0 Å². The van der Waals surface area contributed by atoms with E-state index in [4.69, 9.17) is 9.47 Å². The highest BCUT2D eigenvalue weighted by Crippen LogP contribution is 2.42. The van der Waals surface area contributed by atoms with Crippen molar-refractivity contribution < 1.29 is 17.9 Å². The van der Waals surface area contributed by atoms with Crippen LogP contribution in [0, 0.1) is 11.3 Å². The van der Waals surface area contributed by atoms with Gasteiger partial charge in [0.2, 0.25) is 10.0 Å². The monoisotopic (exact) mass is 423 g/mol. The molecule has 0 bridgehead atoms. The second-order valence-electron chi connectivity index (χ2n) is 9.82. The Morgan fingerprint density at radius 3 is 2.52 bits per heavy atom. The highest BCUT2D eigenvalue weighted by molar-refractivity contribution is 7.89. The fourth-order valence-corrected chi connectivity index (χ4v) is 5.16. The highest BCUT2D eigenvalue weighted by Gasteiger charge is 2.35. The fraction of sp³-hybridized carbons (Fsp3) is 0.739. The zero-order valence-corrected chi connectivity index (χ0v) is 19.0. The third-order valence-corrected chi connectivity index (χ3v) is 6.90. The first-order valence-corrected chi connectivity index (χ1v) is 12.7. The van der Waals surface area contributed by atoms with Gasteiger partial charge in [-0.15, -0.1) is 0 Å². The summed E-state index contributed by atoms with van der Waals surface area (Å²) >= 11 is 0. The second kappa shape index (κ2) is 9.80. The van der Waals surface area contributed by atoms with Crippen LogP contribution in [0.3, 0.4) is 0 Å². The minimum Gasteiger partial charge on any atom is -0.490 e. The number of benzene rings is 1. The molecule has 2 aliphatic rings. The molecule has 29 heavy (non-hydrogen) atoms. The zero-order chi connectivity index (χ0) is 20.9. The maximum atomic E-state index is 12.7. The molecule has 3 rings (SSSR count). The molecule has 2 fully saturated rings. The van der Waals surface area contributed by atoms with Crippen LogP contribution in [0.15, 0.2) is 24.3 Å². The summed E-state index contributed by atoms with van der Waals surface area (Å²) in [6.45, 7) is 7.43. The molecule has 1 N–H and O–H groups in total. The van der Waals surface area contributed by atoms with E-state index in [1.165, 1.54) is 12.8 Å². The van der Waals surface area contributed by atoms with Crippen molar-refractivity contribution in [3.05, 3.63) is 29.8 Å². The van der Waals surface area contributed by atoms with E-state index in [-0.39, 0.29) is 17.2 Å². The Balaban J connectivity index is 1.55. The first-order valence-electron chi connectivity index (χ1n) is 11.1. The molecule has 6 heteroatoms. The Bertz CT molecular complexity index is 746. The minimum atomic E-state index is -3.36. The first kappa shape index (κ1) is 22.6. The number of ether oxygens (including phenoxy) is 2. The van der Waals surface area contributed by atoms with Gasteiger partial charge in [-0.2, -0.15) is 0 Å². The average molecular weight is 424 g/mol. The van der Waals surface area contributed by atoms with E-state index in [1.54, 1.807) is 0 Å². The first-order chi connectivity index (χ1) is 13.7. The number of rotatable bonds is 11. The van der Waals surface area contributed by atoms with Crippen LogP contribution in [0.4, 0.5) is 0 Å². The lowest BCUT2D eigenvalue weighted by Crippen LogP contribution is -2.32. The normalized spacial score (nSPS) is 19.4. The summed E-state index contributed by atoms with van der Waals surface area (Å²) in [5, 5.41) is 0. The Kier molecular flexibility index (Phi) is 7.63. The molecule has 1 aromatic rings. The van der Waals surface area contributed by atoms with E-state index in [9.17, 15) is 8.42 Å². The van der Waals surface area contributed by atoms with Gasteiger partial charge in [0, 0.05) is 12.6 Å². The molecule has 0 unspecified atom stereocenters. The van der Waals surface area contributed by atoms with E-state index in [0.29, 0.717) is 31.7 Å². The van der Waals surface area contributed by atoms with E-state index in [2.05, 4.69) is 25.5 Å². The summed E-state index contributed by atoms with van der Waals surface area (Å²) in [6, 6.07) is 7.83. The van der Waals surface area contributed by atoms with Gasteiger partial charge in [0.1, 0.15) is 5.75 Å². The number of hydrogen-bond acceptors (Lipinski definition) is 4. The summed E-state index contributed by atoms with van der Waals surface area (Å²) in [5.74, 6) is 1.33. The molecular weight excluding hydrogens is 386 g/mol. The van der Waals surface area contributed by atoms with Gasteiger partial charge in [0.05, 0.1) is 18.5 Å². The Hall–Kier alpha value is -1.11. The van der Waals surface area contributed by atoms with Crippen LogP contribution in [0.1, 0.15) is 77.3 Å². The molecule has 1 atom stereocenters. The third-order valence-electron chi connectivity index (χ3n) is 5.46. The Morgan fingerprint density at radius 1 is 1.14 bits per heavy atom. The van der Waals surface area contributed by atoms with E-state index < -0.39 is 10.0 Å². The van der Waals surface area contributed by atoms with Crippen LogP contribution >= 0.6 is 0 Å². The SMILES string of the molecule is CC(C)(C)COCCCS(=O)(=O)N[C@@H](c1cccc(OC2CCCC2)c1)C1CC1. The van der Waals surface area contributed by atoms with Gasteiger partial charge in [-0.3, -0.25) is 0 Å². The number of sulfonamides is 1. The van der Waals surface area contributed by atoms with Gasteiger partial charge < -0.3 is 9.47 Å². The van der Waals surface area contributed by atoms with Crippen LogP contribution in [-0.2, 0) is 14.8 Å². The molecule has 0 heterocycles. The maximum Gasteiger partial charge on any atom is 0.212 e. The van der Waals surface area contributed by atoms with Crippen molar-refractivity contribution in [1.82, 2.24) is 4.72 Å². The quantitative estimate of drug-likeness (QED) is 0.518. The molecule has 164 valence electrons. The smallest absolute Gasteiger partial charge is 0.212 e. The molecule has 2 aliphatic carbocycles. The predicted molar refractivity (Wildman–Crippen MR) is 117 cm³/mol. The van der Waals surface area contributed by atoms with E-state index in [1.807, 2.05) is 24.3 Å². The fourth-order valence-electron chi connectivity index (χ4n) is 3.83. The lowest BCUT2D eigenvalue weighted by atomic mass is 9.99. The highest BCUT2D eigenvalue weighted by atomic mass is 32.2. The molecule has 0 spiro atoms. The molecule has 0 radical (unpaired) electrons. The van der Waals surface area contributed by atoms with Crippen molar-refractivity contribution in [1.29, 1.82) is 0 Å². The van der Waals surface area contributed by atoms with Crippen LogP contribution < -0.4 is 9.46 Å². The molecule has 0 amide bonds. The largest absolute Gasteiger partial charge is 0.490 e. The number of nitrogens with one attached hydrogen (secondary N) is 1. The summed E-state index contributed by atoms with van der Waals surface area (Å²) in [4.78, 5) is 0. The van der Waals surface area contributed by atoms with Crippen LogP contribution in [-0.4, -0.2) is 33.5 Å². The lowest BCUT2D eigenvalue weighted by molar-refractivity contribution is 0.0720. The summed E-state index contributed by atoms with van der Waals surface area (Å²) in [6.07, 6.45) is 7.62. The van der Waals surface area contributed by atoms with Crippen molar-refractivity contribution in [2.45, 2.75) is 77.9 Å². The standard InChI is InChI=1S/C23H37NO4S/c1-23(2,3)17-27-14-7-15-29(25,26)24-22(18-12-13-18)19-8-6-11-21(16-19)28-20-9-4-5-10-20/h6,8,11,16,18,20,22,24H,4-5,7,9-10,12-15,17H2,1-3H3/t22-/m1/s1. The van der Waals surface area contributed by atoms with Crippen molar-refractivity contribution in [2.24, 2.45) is 11.3 Å². The minimum absolute atomic E-state index is 0.0959. The average Bonchev–Trinajstić information content (AvgIpc) is 3.36. The van der Waals surface area contributed by atoms with Crippen molar-refractivity contribution in [3.8, 4) is 5.75 Å². The van der Waals surface area contributed by atoms with Crippen LogP contribution in [0.25, 0.3) is 0 Å². The van der Waals surface area contributed by atoms with Crippen molar-refractivity contribution in [3.63, 3.8) is 0 Å². The summed E-state index contributed by atoms with van der Waals surface area (Å²) in [7, 11) is -3.36. The van der Waals surface area contributed by atoms with Gasteiger partial charge in [0.25, 0.3) is 0 Å². The van der Waals surface area contributed by atoms with E-state index in [0.717, 1.165) is 37.0 Å². The van der Waals surface area contributed by atoms with Gasteiger partial charge in [-0.25, -0.2) is 13.1 Å². The second-order valence-corrected chi connectivity index (χ2v) is 11.7. The van der Waals surface area contributed by atoms with Gasteiger partial charge >= 0.3 is 0 Å². The predicted octanol–water partition coefficient (Wildman–Crippen LogP) is 4.83. The van der Waals surface area contributed by atoms with Crippen molar-refractivity contribution >= 4 is 10.0 Å². The maximum absolute atomic E-state index is 12.7. The molecule has 0 saturated heterocycles. The molecular formula is C23H37NO4S. The molecule has 1 aromatic carbocycles. The number of hydrogen-bond donors (Lipinski definition) is 1. The van der Waals surface area contributed by atoms with Gasteiger partial charge in [-0.1, -0.05) is 32.9 Å². The Labute approximate surface area is 176 Å². The molecule has 0 aromatic heterocycles. The summed E-state index contributed by atoms with van der Waals surface area (Å²) < 4.78 is 40.0. The molecule has 0 aliphatic heterocycles. The van der Waals surface area contributed by atoms with Crippen LogP contribution in [0.5, 0.6) is 5.75 Å². The van der Waals surface area contributed by atoms with E-state index >= 15 is 0 Å². The summed E-state index contributed by atoms with van der Waals surface area (Å²) in [5.41, 5.74) is 1.11. The van der Waals surface area contributed by atoms with Crippen molar-refractivity contribution in [2.75, 3.05) is 19.0 Å². The molecule has 2 saturated carbocycles. The topological polar surface area (TPSA) is 64.6 Å². The lowest BCUT2D eigenvalue weighted by Gasteiger charge is -2.21. The van der Waals surface area contributed by atoms with Crippen LogP contribution in [0.2, 0.25) is 0 Å². The third kappa shape index (κ3) is 7.91. The van der Waals surface area contributed by atoms with Gasteiger partial charge in [-0.05, 0) is 74.0 Å². The zero-order valence-electron chi connectivity index (χ0n) is 18.2. The molecule has 5 nitrogen and oxygen atoms in total.